The van der Waals surface area contributed by atoms with Gasteiger partial charge in [-0.05, 0) is 41.8 Å². The zero-order chi connectivity index (χ0) is 22.1. The summed E-state index contributed by atoms with van der Waals surface area (Å²) in [7, 11) is -3.59. The maximum Gasteiger partial charge on any atom is 0.243 e. The third kappa shape index (κ3) is 4.07. The Morgan fingerprint density at radius 3 is 2.38 bits per heavy atom. The molecule has 0 amide bonds. The van der Waals surface area contributed by atoms with Crippen molar-refractivity contribution in [2.75, 3.05) is 13.1 Å². The lowest BCUT2D eigenvalue weighted by atomic mass is 10.1. The van der Waals surface area contributed by atoms with Crippen LogP contribution in [-0.2, 0) is 10.0 Å². The minimum Gasteiger partial charge on any atom is -0.247 e. The first-order valence-corrected chi connectivity index (χ1v) is 12.2. The van der Waals surface area contributed by atoms with Gasteiger partial charge in [0.05, 0.1) is 17.1 Å². The van der Waals surface area contributed by atoms with Gasteiger partial charge in [0, 0.05) is 23.7 Å². The number of rotatable bonds is 5. The molecule has 0 radical (unpaired) electrons. The van der Waals surface area contributed by atoms with Crippen LogP contribution in [0.4, 0.5) is 0 Å². The van der Waals surface area contributed by atoms with E-state index in [0.29, 0.717) is 24.5 Å². The Morgan fingerprint density at radius 1 is 0.875 bits per heavy atom. The molecule has 0 aliphatic carbocycles. The van der Waals surface area contributed by atoms with Crippen molar-refractivity contribution in [2.24, 2.45) is 0 Å². The molecule has 0 N–H and O–H groups in total. The fraction of sp³-hybridized carbons (Fsp3) is 0.167. The van der Waals surface area contributed by atoms with Gasteiger partial charge in [-0.25, -0.2) is 13.1 Å². The fourth-order valence-corrected chi connectivity index (χ4v) is 5.66. The van der Waals surface area contributed by atoms with Crippen LogP contribution in [0.3, 0.4) is 0 Å². The topological polar surface area (TPSA) is 68.1 Å². The van der Waals surface area contributed by atoms with E-state index in [2.05, 4.69) is 10.3 Å². The van der Waals surface area contributed by atoms with Crippen LogP contribution in [0.5, 0.6) is 0 Å². The molecule has 8 heteroatoms. The van der Waals surface area contributed by atoms with E-state index in [0.717, 1.165) is 22.4 Å². The molecule has 2 heterocycles. The highest BCUT2D eigenvalue weighted by molar-refractivity contribution is 7.89. The van der Waals surface area contributed by atoms with Crippen LogP contribution in [0, 0.1) is 0 Å². The monoisotopic (exact) mass is 464 g/mol. The molecule has 32 heavy (non-hydrogen) atoms. The van der Waals surface area contributed by atoms with Crippen LogP contribution in [-0.4, -0.2) is 40.8 Å². The van der Waals surface area contributed by atoms with Crippen LogP contribution in [0.15, 0.2) is 90.0 Å². The third-order valence-corrected chi connectivity index (χ3v) is 7.84. The van der Waals surface area contributed by atoms with E-state index in [1.54, 1.807) is 16.8 Å². The van der Waals surface area contributed by atoms with Crippen molar-refractivity contribution < 1.29 is 8.42 Å². The molecule has 1 unspecified atom stereocenters. The second-order valence-electron chi connectivity index (χ2n) is 7.79. The van der Waals surface area contributed by atoms with Crippen LogP contribution in [0.1, 0.15) is 12.5 Å². The number of halogens is 1. The first-order chi connectivity index (χ1) is 15.5. The van der Waals surface area contributed by atoms with Crippen molar-refractivity contribution in [3.05, 3.63) is 90.1 Å². The molecule has 5 rings (SSSR count). The van der Waals surface area contributed by atoms with Crippen molar-refractivity contribution >= 4 is 21.6 Å². The molecule has 1 aliphatic heterocycles. The lowest BCUT2D eigenvalue weighted by molar-refractivity contribution is 0.428. The van der Waals surface area contributed by atoms with Gasteiger partial charge >= 0.3 is 0 Å². The molecule has 162 valence electrons. The van der Waals surface area contributed by atoms with Gasteiger partial charge in [-0.1, -0.05) is 71.4 Å². The third-order valence-electron chi connectivity index (χ3n) is 5.73. The zero-order valence-corrected chi connectivity index (χ0v) is 18.7. The summed E-state index contributed by atoms with van der Waals surface area (Å²) in [6.45, 7) is 0.819. The van der Waals surface area contributed by atoms with E-state index in [-0.39, 0.29) is 10.9 Å². The molecule has 4 aromatic rings. The Balaban J connectivity index is 1.32. The van der Waals surface area contributed by atoms with Crippen molar-refractivity contribution in [1.29, 1.82) is 0 Å². The van der Waals surface area contributed by atoms with E-state index >= 15 is 0 Å². The predicted molar refractivity (Wildman–Crippen MR) is 125 cm³/mol. The summed E-state index contributed by atoms with van der Waals surface area (Å²) in [4.78, 5) is 0.285. The largest absolute Gasteiger partial charge is 0.247 e. The molecule has 3 aromatic carbocycles. The van der Waals surface area contributed by atoms with Gasteiger partial charge in [0.25, 0.3) is 0 Å². The molecular formula is C24H21ClN4O2S. The number of sulfonamides is 1. The zero-order valence-electron chi connectivity index (χ0n) is 17.2. The quantitative estimate of drug-likeness (QED) is 0.421. The second kappa shape index (κ2) is 8.50. The van der Waals surface area contributed by atoms with Crippen molar-refractivity contribution in [1.82, 2.24) is 19.3 Å². The van der Waals surface area contributed by atoms with Crippen LogP contribution < -0.4 is 0 Å². The molecule has 1 aliphatic rings. The van der Waals surface area contributed by atoms with Gasteiger partial charge in [-0.15, -0.1) is 5.10 Å². The van der Waals surface area contributed by atoms with Gasteiger partial charge < -0.3 is 0 Å². The highest BCUT2D eigenvalue weighted by Crippen LogP contribution is 2.30. The smallest absolute Gasteiger partial charge is 0.243 e. The van der Waals surface area contributed by atoms with Crippen LogP contribution in [0.2, 0.25) is 5.02 Å². The first-order valence-electron chi connectivity index (χ1n) is 10.3. The summed E-state index contributed by atoms with van der Waals surface area (Å²) < 4.78 is 29.7. The number of hydrogen-bond donors (Lipinski definition) is 0. The van der Waals surface area contributed by atoms with Gasteiger partial charge in [0.1, 0.15) is 5.69 Å². The van der Waals surface area contributed by atoms with Gasteiger partial charge in [0.15, 0.2) is 0 Å². The summed E-state index contributed by atoms with van der Waals surface area (Å²) in [6, 6.07) is 24.2. The average molecular weight is 465 g/mol. The van der Waals surface area contributed by atoms with E-state index < -0.39 is 10.0 Å². The van der Waals surface area contributed by atoms with Crippen molar-refractivity contribution in [3.63, 3.8) is 0 Å². The summed E-state index contributed by atoms with van der Waals surface area (Å²) in [6.07, 6.45) is 2.58. The van der Waals surface area contributed by atoms with Gasteiger partial charge in [0.2, 0.25) is 10.0 Å². The van der Waals surface area contributed by atoms with Gasteiger partial charge in [-0.3, -0.25) is 0 Å². The number of nitrogens with zero attached hydrogens (tertiary/aromatic N) is 4. The molecule has 1 aromatic heterocycles. The molecule has 0 spiro atoms. The van der Waals surface area contributed by atoms with E-state index in [1.807, 2.05) is 72.9 Å². The number of benzene rings is 3. The summed E-state index contributed by atoms with van der Waals surface area (Å²) in [5.41, 5.74) is 3.63. The van der Waals surface area contributed by atoms with Crippen LogP contribution >= 0.6 is 11.6 Å². The first kappa shape index (κ1) is 20.9. The Morgan fingerprint density at radius 2 is 1.62 bits per heavy atom. The maximum absolute atomic E-state index is 13.2. The SMILES string of the molecule is O=S(=O)(c1ccc(-c2cccc(Cl)c2)cc1)N1CCC(n2cc(-c3ccccc3)nn2)C1. The highest BCUT2D eigenvalue weighted by Gasteiger charge is 2.34. The molecule has 1 fully saturated rings. The lowest BCUT2D eigenvalue weighted by Crippen LogP contribution is -2.29. The normalized spacial score (nSPS) is 17.0. The fourth-order valence-electron chi connectivity index (χ4n) is 3.98. The molecular weight excluding hydrogens is 444 g/mol. The Bertz CT molecular complexity index is 1340. The molecule has 0 bridgehead atoms. The summed E-state index contributed by atoms with van der Waals surface area (Å²) >= 11 is 6.07. The Labute approximate surface area is 192 Å². The van der Waals surface area contributed by atoms with E-state index in [9.17, 15) is 8.42 Å². The number of hydrogen-bond acceptors (Lipinski definition) is 4. The second-order valence-corrected chi connectivity index (χ2v) is 10.2. The lowest BCUT2D eigenvalue weighted by Gasteiger charge is -2.17. The Kier molecular flexibility index (Phi) is 5.55. The predicted octanol–water partition coefficient (Wildman–Crippen LogP) is 4.90. The molecule has 0 saturated carbocycles. The Hall–Kier alpha value is -3.00. The minimum atomic E-state index is -3.59. The minimum absolute atomic E-state index is 0.0412. The van der Waals surface area contributed by atoms with Gasteiger partial charge in [-0.2, -0.15) is 4.31 Å². The molecule has 1 atom stereocenters. The van der Waals surface area contributed by atoms with E-state index in [4.69, 9.17) is 11.6 Å². The van der Waals surface area contributed by atoms with Crippen LogP contribution in [0.25, 0.3) is 22.4 Å². The molecule has 6 nitrogen and oxygen atoms in total. The maximum atomic E-state index is 13.2. The molecule has 1 saturated heterocycles. The van der Waals surface area contributed by atoms with Crippen molar-refractivity contribution in [3.8, 4) is 22.4 Å². The average Bonchev–Trinajstić information content (AvgIpc) is 3.50. The number of aromatic nitrogens is 3. The standard InChI is InChI=1S/C24H21ClN4O2S/c25-21-8-4-7-20(15-21)18-9-11-23(12-10-18)32(30,31)28-14-13-22(16-28)29-17-24(26-27-29)19-5-2-1-3-6-19/h1-12,15,17,22H,13-14,16H2. The summed E-state index contributed by atoms with van der Waals surface area (Å²) in [5, 5.41) is 9.15. The highest BCUT2D eigenvalue weighted by atomic mass is 35.5. The van der Waals surface area contributed by atoms with E-state index in [1.165, 1.54) is 4.31 Å². The van der Waals surface area contributed by atoms with Crippen molar-refractivity contribution in [2.45, 2.75) is 17.4 Å². The summed E-state index contributed by atoms with van der Waals surface area (Å²) in [5.74, 6) is 0.